The molecule has 1 amide bonds. The molecular weight excluding hydrogens is 374 g/mol. The third kappa shape index (κ3) is 3.66. The molecule has 1 heterocycles. The zero-order valence-electron chi connectivity index (χ0n) is 14.1. The first-order chi connectivity index (χ1) is 12.3. The third-order valence-corrected chi connectivity index (χ3v) is 5.73. The minimum Gasteiger partial charge on any atom is -0.439 e. The Morgan fingerprint density at radius 3 is 2.38 bits per heavy atom. The molecule has 2 aromatic carbocycles. The topological polar surface area (TPSA) is 76.4 Å². The maximum Gasteiger partial charge on any atom is 0.291 e. The number of rotatable bonds is 4. The molecule has 0 aliphatic rings. The first-order valence-electron chi connectivity index (χ1n) is 7.76. The Bertz CT molecular complexity index is 1070. The predicted molar refractivity (Wildman–Crippen MR) is 99.5 cm³/mol. The molecule has 0 fully saturated rings. The van der Waals surface area contributed by atoms with Crippen LogP contribution in [0.3, 0.4) is 0 Å². The number of furan rings is 1. The van der Waals surface area contributed by atoms with Crippen molar-refractivity contribution < 1.29 is 17.6 Å². The lowest BCUT2D eigenvalue weighted by Crippen LogP contribution is -2.12. The van der Waals surface area contributed by atoms with Gasteiger partial charge in [0.15, 0.2) is 5.76 Å². The quantitative estimate of drug-likeness (QED) is 0.705. The lowest BCUT2D eigenvalue weighted by atomic mass is 10.2. The number of hydrogen-bond acceptors (Lipinski definition) is 4. The van der Waals surface area contributed by atoms with Crippen LogP contribution in [0.2, 0.25) is 5.02 Å². The van der Waals surface area contributed by atoms with Crippen LogP contribution in [0.25, 0.3) is 0 Å². The Morgan fingerprint density at radius 1 is 1.00 bits per heavy atom. The van der Waals surface area contributed by atoms with Gasteiger partial charge in [-0.15, -0.1) is 0 Å². The number of hydrogen-bond donors (Lipinski definition) is 1. The summed E-state index contributed by atoms with van der Waals surface area (Å²) in [6.07, 6.45) is 0. The van der Waals surface area contributed by atoms with Gasteiger partial charge in [-0.2, -0.15) is 0 Å². The molecule has 134 valence electrons. The SMILES string of the molecule is Cc1ccc(S(=O)(=O)c2ccc(C(=O)Nc3cc(Cl)ccc3C)o2)cc1. The summed E-state index contributed by atoms with van der Waals surface area (Å²) in [5.41, 5.74) is 2.30. The average Bonchev–Trinajstić information content (AvgIpc) is 3.09. The molecule has 5 nitrogen and oxygen atoms in total. The Balaban J connectivity index is 1.86. The first-order valence-corrected chi connectivity index (χ1v) is 9.62. The lowest BCUT2D eigenvalue weighted by molar-refractivity contribution is 0.0991. The van der Waals surface area contributed by atoms with E-state index in [-0.39, 0.29) is 15.7 Å². The van der Waals surface area contributed by atoms with Crippen molar-refractivity contribution in [2.75, 3.05) is 5.32 Å². The number of amides is 1. The highest BCUT2D eigenvalue weighted by Crippen LogP contribution is 2.25. The van der Waals surface area contributed by atoms with Gasteiger partial charge in [0, 0.05) is 10.7 Å². The summed E-state index contributed by atoms with van der Waals surface area (Å²) in [4.78, 5) is 12.5. The van der Waals surface area contributed by atoms with Gasteiger partial charge >= 0.3 is 0 Å². The van der Waals surface area contributed by atoms with Crippen molar-refractivity contribution in [2.45, 2.75) is 23.8 Å². The van der Waals surface area contributed by atoms with E-state index in [1.165, 1.54) is 24.3 Å². The molecule has 1 aromatic heterocycles. The van der Waals surface area contributed by atoms with Gasteiger partial charge < -0.3 is 9.73 Å². The molecule has 0 aliphatic heterocycles. The number of halogens is 1. The maximum atomic E-state index is 12.6. The van der Waals surface area contributed by atoms with E-state index < -0.39 is 15.7 Å². The smallest absolute Gasteiger partial charge is 0.291 e. The van der Waals surface area contributed by atoms with Gasteiger partial charge in [0.05, 0.1) is 4.90 Å². The molecule has 0 aliphatic carbocycles. The molecule has 26 heavy (non-hydrogen) atoms. The molecule has 3 aromatic rings. The fourth-order valence-electron chi connectivity index (χ4n) is 2.33. The second-order valence-corrected chi connectivity index (χ2v) is 8.17. The maximum absolute atomic E-state index is 12.6. The van der Waals surface area contributed by atoms with Crippen molar-refractivity contribution in [2.24, 2.45) is 0 Å². The van der Waals surface area contributed by atoms with Crippen LogP contribution in [-0.4, -0.2) is 14.3 Å². The number of benzene rings is 2. The Kier molecular flexibility index (Phi) is 4.89. The Labute approximate surface area is 156 Å². The highest BCUT2D eigenvalue weighted by molar-refractivity contribution is 7.91. The van der Waals surface area contributed by atoms with E-state index in [2.05, 4.69) is 5.32 Å². The van der Waals surface area contributed by atoms with E-state index >= 15 is 0 Å². The van der Waals surface area contributed by atoms with Crippen molar-refractivity contribution in [3.05, 3.63) is 76.5 Å². The number of carbonyl (C=O) groups excluding carboxylic acids is 1. The van der Waals surface area contributed by atoms with Crippen LogP contribution in [0.4, 0.5) is 5.69 Å². The van der Waals surface area contributed by atoms with Crippen LogP contribution in [-0.2, 0) is 9.84 Å². The normalized spacial score (nSPS) is 11.3. The summed E-state index contributed by atoms with van der Waals surface area (Å²) in [6.45, 7) is 3.69. The molecule has 0 unspecified atom stereocenters. The second-order valence-electron chi connectivity index (χ2n) is 5.85. The molecule has 0 saturated carbocycles. The third-order valence-electron chi connectivity index (χ3n) is 3.85. The molecule has 0 spiro atoms. The van der Waals surface area contributed by atoms with Gasteiger partial charge in [-0.1, -0.05) is 35.4 Å². The molecular formula is C19H16ClNO4S. The van der Waals surface area contributed by atoms with E-state index in [1.54, 1.807) is 30.3 Å². The number of carbonyl (C=O) groups is 1. The monoisotopic (exact) mass is 389 g/mol. The predicted octanol–water partition coefficient (Wildman–Crippen LogP) is 4.63. The number of aryl methyl sites for hydroxylation is 2. The highest BCUT2D eigenvalue weighted by Gasteiger charge is 2.23. The van der Waals surface area contributed by atoms with Gasteiger partial charge in [-0.25, -0.2) is 8.42 Å². The number of nitrogens with one attached hydrogen (secondary N) is 1. The minimum atomic E-state index is -3.82. The average molecular weight is 390 g/mol. The van der Waals surface area contributed by atoms with Crippen molar-refractivity contribution >= 4 is 33.0 Å². The summed E-state index contributed by atoms with van der Waals surface area (Å²) in [6, 6.07) is 14.1. The zero-order valence-corrected chi connectivity index (χ0v) is 15.7. The van der Waals surface area contributed by atoms with Gasteiger partial charge in [-0.05, 0) is 55.8 Å². The first kappa shape index (κ1) is 18.2. The molecule has 0 saturated heterocycles. The largest absolute Gasteiger partial charge is 0.439 e. The highest BCUT2D eigenvalue weighted by atomic mass is 35.5. The van der Waals surface area contributed by atoms with Crippen molar-refractivity contribution in [1.29, 1.82) is 0 Å². The van der Waals surface area contributed by atoms with Gasteiger partial charge in [-0.3, -0.25) is 4.79 Å². The summed E-state index contributed by atoms with van der Waals surface area (Å²) >= 11 is 5.94. The van der Waals surface area contributed by atoms with E-state index in [1.807, 2.05) is 13.8 Å². The standard InChI is InChI=1S/C19H16ClNO4S/c1-12-3-7-15(8-4-12)26(23,24)18-10-9-17(25-18)19(22)21-16-11-14(20)6-5-13(16)2/h3-11H,1-2H3,(H,21,22). The molecule has 1 N–H and O–H groups in total. The van der Waals surface area contributed by atoms with Crippen molar-refractivity contribution in [3.8, 4) is 0 Å². The summed E-state index contributed by atoms with van der Waals surface area (Å²) < 4.78 is 30.5. The van der Waals surface area contributed by atoms with Crippen molar-refractivity contribution in [1.82, 2.24) is 0 Å². The van der Waals surface area contributed by atoms with E-state index in [0.29, 0.717) is 10.7 Å². The molecule has 0 radical (unpaired) electrons. The number of sulfone groups is 1. The van der Waals surface area contributed by atoms with Crippen molar-refractivity contribution in [3.63, 3.8) is 0 Å². The van der Waals surface area contributed by atoms with Crippen LogP contribution >= 0.6 is 11.6 Å². The Morgan fingerprint density at radius 2 is 1.69 bits per heavy atom. The minimum absolute atomic E-state index is 0.102. The van der Waals surface area contributed by atoms with Crippen LogP contribution in [0.15, 0.2) is 69.0 Å². The van der Waals surface area contributed by atoms with Crippen LogP contribution in [0.5, 0.6) is 0 Å². The molecule has 0 atom stereocenters. The fourth-order valence-corrected chi connectivity index (χ4v) is 3.68. The lowest BCUT2D eigenvalue weighted by Gasteiger charge is -2.07. The van der Waals surface area contributed by atoms with E-state index in [0.717, 1.165) is 11.1 Å². The Hall–Kier alpha value is -2.57. The molecule has 7 heteroatoms. The van der Waals surface area contributed by atoms with E-state index in [4.69, 9.17) is 16.0 Å². The summed E-state index contributed by atoms with van der Waals surface area (Å²) in [5, 5.41) is 2.86. The van der Waals surface area contributed by atoms with Crippen LogP contribution < -0.4 is 5.32 Å². The molecule has 3 rings (SSSR count). The van der Waals surface area contributed by atoms with Gasteiger partial charge in [0.1, 0.15) is 0 Å². The van der Waals surface area contributed by atoms with Gasteiger partial charge in [0.2, 0.25) is 14.9 Å². The zero-order chi connectivity index (χ0) is 18.9. The van der Waals surface area contributed by atoms with Gasteiger partial charge in [0.25, 0.3) is 5.91 Å². The second kappa shape index (κ2) is 6.97. The molecule has 0 bridgehead atoms. The summed E-state index contributed by atoms with van der Waals surface area (Å²) in [7, 11) is -3.82. The fraction of sp³-hybridized carbons (Fsp3) is 0.105. The summed E-state index contributed by atoms with van der Waals surface area (Å²) in [5.74, 6) is -0.657. The van der Waals surface area contributed by atoms with E-state index in [9.17, 15) is 13.2 Å². The van der Waals surface area contributed by atoms with Crippen LogP contribution in [0, 0.1) is 13.8 Å². The van der Waals surface area contributed by atoms with Crippen LogP contribution in [0.1, 0.15) is 21.7 Å². The number of anilines is 1.